The van der Waals surface area contributed by atoms with E-state index < -0.39 is 0 Å². The quantitative estimate of drug-likeness (QED) is 0.427. The average Bonchev–Trinajstić information content (AvgIpc) is 3.13. The zero-order valence-electron chi connectivity index (χ0n) is 17.4. The fraction of sp³-hybridized carbons (Fsp3) is 0.174. The number of nitrogens with zero attached hydrogens (tertiary/aromatic N) is 2. The number of benzene rings is 2. The number of ether oxygens (including phenoxy) is 2. The summed E-state index contributed by atoms with van der Waals surface area (Å²) in [6.07, 6.45) is 1.76. The summed E-state index contributed by atoms with van der Waals surface area (Å²) in [5, 5.41) is 3.41. The van der Waals surface area contributed by atoms with E-state index in [0.717, 1.165) is 10.4 Å². The summed E-state index contributed by atoms with van der Waals surface area (Å²) in [4.78, 5) is 30.8. The highest BCUT2D eigenvalue weighted by Crippen LogP contribution is 2.27. The highest BCUT2D eigenvalue weighted by molar-refractivity contribution is 7.16. The normalized spacial score (nSPS) is 10.8. The van der Waals surface area contributed by atoms with Gasteiger partial charge in [-0.25, -0.2) is 4.98 Å². The van der Waals surface area contributed by atoms with Crippen molar-refractivity contribution in [3.05, 3.63) is 86.2 Å². The smallest absolute Gasteiger partial charge is 0.262 e. The number of hydrogen-bond acceptors (Lipinski definition) is 6. The fourth-order valence-corrected chi connectivity index (χ4v) is 3.99. The number of aromatic nitrogens is 2. The van der Waals surface area contributed by atoms with Gasteiger partial charge in [0.1, 0.15) is 18.1 Å². The first-order valence-corrected chi connectivity index (χ1v) is 11.0. The van der Waals surface area contributed by atoms with Crippen molar-refractivity contribution in [3.63, 3.8) is 0 Å². The molecular weight excluding hydrogens is 450 g/mol. The van der Waals surface area contributed by atoms with E-state index in [4.69, 9.17) is 21.1 Å². The summed E-state index contributed by atoms with van der Waals surface area (Å²) < 4.78 is 12.9. The molecule has 2 heterocycles. The SMILES string of the molecule is Cc1ccc(OCc2cc(=O)n3cc(C)sc3n2)c(NC(=O)COc2ccc(Cl)cc2)c1. The third-order valence-corrected chi connectivity index (χ3v) is 5.65. The Morgan fingerprint density at radius 2 is 1.91 bits per heavy atom. The van der Waals surface area contributed by atoms with E-state index in [0.29, 0.717) is 32.9 Å². The molecule has 4 rings (SSSR count). The molecule has 0 aliphatic rings. The van der Waals surface area contributed by atoms with E-state index in [2.05, 4.69) is 10.3 Å². The Hall–Kier alpha value is -3.36. The molecule has 0 spiro atoms. The summed E-state index contributed by atoms with van der Waals surface area (Å²) in [6, 6.07) is 13.7. The van der Waals surface area contributed by atoms with Gasteiger partial charge in [0.05, 0.1) is 11.4 Å². The van der Waals surface area contributed by atoms with Gasteiger partial charge in [0, 0.05) is 22.2 Å². The minimum absolute atomic E-state index is 0.0931. The van der Waals surface area contributed by atoms with E-state index in [1.165, 1.54) is 21.8 Å². The number of rotatable bonds is 7. The van der Waals surface area contributed by atoms with Gasteiger partial charge in [-0.15, -0.1) is 11.3 Å². The van der Waals surface area contributed by atoms with Crippen LogP contribution in [0.15, 0.2) is 59.5 Å². The molecular formula is C23H20ClN3O4S. The number of aryl methyl sites for hydroxylation is 2. The number of amides is 1. The molecule has 9 heteroatoms. The molecule has 2 aromatic heterocycles. The standard InChI is InChI=1S/C23H20ClN3O4S/c1-14-3-8-20(31-12-17-10-22(29)27-11-15(2)32-23(27)25-17)19(9-14)26-21(28)13-30-18-6-4-16(24)5-7-18/h3-11H,12-13H2,1-2H3,(H,26,28). The zero-order valence-corrected chi connectivity index (χ0v) is 19.0. The van der Waals surface area contributed by atoms with Crippen molar-refractivity contribution < 1.29 is 14.3 Å². The molecule has 7 nitrogen and oxygen atoms in total. The number of carbonyl (C=O) groups is 1. The lowest BCUT2D eigenvalue weighted by molar-refractivity contribution is -0.118. The fourth-order valence-electron chi connectivity index (χ4n) is 3.02. The largest absolute Gasteiger partial charge is 0.485 e. The molecule has 0 fully saturated rings. The van der Waals surface area contributed by atoms with Gasteiger partial charge < -0.3 is 14.8 Å². The summed E-state index contributed by atoms with van der Waals surface area (Å²) in [5.41, 5.74) is 1.83. The summed E-state index contributed by atoms with van der Waals surface area (Å²) in [7, 11) is 0. The molecule has 1 amide bonds. The maximum absolute atomic E-state index is 12.4. The number of halogens is 1. The Labute approximate surface area is 193 Å². The highest BCUT2D eigenvalue weighted by atomic mass is 35.5. The number of hydrogen-bond donors (Lipinski definition) is 1. The molecule has 164 valence electrons. The van der Waals surface area contributed by atoms with Crippen molar-refractivity contribution in [2.45, 2.75) is 20.5 Å². The molecule has 1 N–H and O–H groups in total. The van der Waals surface area contributed by atoms with Crippen LogP contribution >= 0.6 is 22.9 Å². The Balaban J connectivity index is 1.44. The predicted molar refractivity (Wildman–Crippen MR) is 125 cm³/mol. The topological polar surface area (TPSA) is 81.9 Å². The van der Waals surface area contributed by atoms with Crippen molar-refractivity contribution >= 4 is 39.5 Å². The lowest BCUT2D eigenvalue weighted by Crippen LogP contribution is -2.20. The molecule has 32 heavy (non-hydrogen) atoms. The van der Waals surface area contributed by atoms with Gasteiger partial charge in [-0.05, 0) is 55.8 Å². The highest BCUT2D eigenvalue weighted by Gasteiger charge is 2.11. The first-order valence-electron chi connectivity index (χ1n) is 9.78. The van der Waals surface area contributed by atoms with Gasteiger partial charge in [-0.2, -0.15) is 0 Å². The van der Waals surface area contributed by atoms with Gasteiger partial charge in [-0.1, -0.05) is 17.7 Å². The maximum Gasteiger partial charge on any atom is 0.262 e. The van der Waals surface area contributed by atoms with Crippen molar-refractivity contribution in [2.24, 2.45) is 0 Å². The third kappa shape index (κ3) is 5.27. The van der Waals surface area contributed by atoms with Crippen LogP contribution in [0.2, 0.25) is 5.02 Å². The number of thiazole rings is 1. The van der Waals surface area contributed by atoms with Crippen LogP contribution in [0.4, 0.5) is 5.69 Å². The molecule has 0 unspecified atom stereocenters. The molecule has 0 atom stereocenters. The van der Waals surface area contributed by atoms with E-state index >= 15 is 0 Å². The van der Waals surface area contributed by atoms with E-state index in [1.54, 1.807) is 36.5 Å². The minimum Gasteiger partial charge on any atom is -0.485 e. The van der Waals surface area contributed by atoms with Gasteiger partial charge in [-0.3, -0.25) is 14.0 Å². The molecule has 0 bridgehead atoms. The summed E-state index contributed by atoms with van der Waals surface area (Å²) >= 11 is 7.29. The van der Waals surface area contributed by atoms with Gasteiger partial charge >= 0.3 is 0 Å². The Morgan fingerprint density at radius 3 is 2.69 bits per heavy atom. The number of nitrogens with one attached hydrogen (secondary N) is 1. The molecule has 0 radical (unpaired) electrons. The predicted octanol–water partition coefficient (Wildman–Crippen LogP) is 4.62. The maximum atomic E-state index is 12.4. The van der Waals surface area contributed by atoms with Crippen LogP contribution in [0.3, 0.4) is 0 Å². The monoisotopic (exact) mass is 469 g/mol. The van der Waals surface area contributed by atoms with Gasteiger partial charge in [0.15, 0.2) is 11.6 Å². The second-order valence-corrected chi connectivity index (χ2v) is 8.81. The van der Waals surface area contributed by atoms with E-state index in [9.17, 15) is 9.59 Å². The first kappa shape index (κ1) is 21.9. The number of anilines is 1. The third-order valence-electron chi connectivity index (χ3n) is 4.50. The molecule has 0 saturated heterocycles. The van der Waals surface area contributed by atoms with Crippen LogP contribution in [0.25, 0.3) is 4.96 Å². The van der Waals surface area contributed by atoms with E-state index in [1.807, 2.05) is 26.0 Å². The Bertz CT molecular complexity index is 1330. The lowest BCUT2D eigenvalue weighted by Gasteiger charge is -2.14. The van der Waals surface area contributed by atoms with Gasteiger partial charge in [0.2, 0.25) is 0 Å². The average molecular weight is 470 g/mol. The van der Waals surface area contributed by atoms with Crippen molar-refractivity contribution in [2.75, 3.05) is 11.9 Å². The molecule has 2 aromatic carbocycles. The van der Waals surface area contributed by atoms with Crippen LogP contribution in [0, 0.1) is 13.8 Å². The zero-order chi connectivity index (χ0) is 22.7. The first-order chi connectivity index (χ1) is 15.4. The lowest BCUT2D eigenvalue weighted by atomic mass is 10.2. The summed E-state index contributed by atoms with van der Waals surface area (Å²) in [6.45, 7) is 3.77. The van der Waals surface area contributed by atoms with Crippen LogP contribution in [-0.2, 0) is 11.4 Å². The van der Waals surface area contributed by atoms with Crippen molar-refractivity contribution in [1.29, 1.82) is 0 Å². The Kier molecular flexibility index (Phi) is 6.43. The number of fused-ring (bicyclic) bond motifs is 1. The van der Waals surface area contributed by atoms with Crippen molar-refractivity contribution in [3.8, 4) is 11.5 Å². The molecule has 0 saturated carbocycles. The van der Waals surface area contributed by atoms with Crippen LogP contribution in [-0.4, -0.2) is 21.9 Å². The summed E-state index contributed by atoms with van der Waals surface area (Å²) in [5.74, 6) is 0.684. The number of carbonyl (C=O) groups excluding carboxylic acids is 1. The second-order valence-electron chi connectivity index (χ2n) is 7.16. The Morgan fingerprint density at radius 1 is 1.12 bits per heavy atom. The van der Waals surface area contributed by atoms with Crippen LogP contribution in [0.5, 0.6) is 11.5 Å². The van der Waals surface area contributed by atoms with Gasteiger partial charge in [0.25, 0.3) is 11.5 Å². The second kappa shape index (κ2) is 9.42. The van der Waals surface area contributed by atoms with Crippen LogP contribution in [0.1, 0.15) is 16.1 Å². The molecule has 0 aliphatic carbocycles. The van der Waals surface area contributed by atoms with Crippen LogP contribution < -0.4 is 20.3 Å². The minimum atomic E-state index is -0.331. The van der Waals surface area contributed by atoms with E-state index in [-0.39, 0.29) is 24.7 Å². The van der Waals surface area contributed by atoms with Crippen molar-refractivity contribution in [1.82, 2.24) is 9.38 Å². The molecule has 0 aliphatic heterocycles. The molecule has 4 aromatic rings.